The zero-order chi connectivity index (χ0) is 11.8. The molecular formula is C11H21N3O. The first-order valence-electron chi connectivity index (χ1n) is 5.44. The molecule has 15 heavy (non-hydrogen) atoms. The molecule has 0 fully saturated rings. The average molecular weight is 211 g/mol. The van der Waals surface area contributed by atoms with E-state index in [-0.39, 0.29) is 5.91 Å². The quantitative estimate of drug-likeness (QED) is 0.715. The van der Waals surface area contributed by atoms with Gasteiger partial charge in [0.05, 0.1) is 18.5 Å². The van der Waals surface area contributed by atoms with Gasteiger partial charge in [-0.15, -0.1) is 0 Å². The number of carbonyl (C=O) groups is 1. The Morgan fingerprint density at radius 3 is 2.53 bits per heavy atom. The van der Waals surface area contributed by atoms with Crippen molar-refractivity contribution in [2.24, 2.45) is 11.7 Å². The Labute approximate surface area is 92.0 Å². The maximum Gasteiger partial charge on any atom is 0.239 e. The first-order valence-corrected chi connectivity index (χ1v) is 5.44. The van der Waals surface area contributed by atoms with Crippen molar-refractivity contribution in [2.45, 2.75) is 39.7 Å². The van der Waals surface area contributed by atoms with Crippen LogP contribution >= 0.6 is 0 Å². The van der Waals surface area contributed by atoms with Crippen molar-refractivity contribution in [3.63, 3.8) is 0 Å². The first-order chi connectivity index (χ1) is 7.02. The maximum atomic E-state index is 11.8. The van der Waals surface area contributed by atoms with Crippen LogP contribution in [0.3, 0.4) is 0 Å². The summed E-state index contributed by atoms with van der Waals surface area (Å²) in [6.07, 6.45) is 1.01. The van der Waals surface area contributed by atoms with Gasteiger partial charge in [0.1, 0.15) is 0 Å². The summed E-state index contributed by atoms with van der Waals surface area (Å²) in [6, 6.07) is 1.62. The first kappa shape index (κ1) is 13.9. The van der Waals surface area contributed by atoms with Crippen LogP contribution in [0.4, 0.5) is 0 Å². The highest BCUT2D eigenvalue weighted by Crippen LogP contribution is 2.03. The van der Waals surface area contributed by atoms with E-state index in [1.54, 1.807) is 4.90 Å². The Hall–Kier alpha value is -1.08. The monoisotopic (exact) mass is 211 g/mol. The summed E-state index contributed by atoms with van der Waals surface area (Å²) in [5.74, 6) is 0.359. The van der Waals surface area contributed by atoms with E-state index in [0.29, 0.717) is 31.8 Å². The van der Waals surface area contributed by atoms with Gasteiger partial charge in [-0.3, -0.25) is 4.79 Å². The van der Waals surface area contributed by atoms with Crippen molar-refractivity contribution in [1.82, 2.24) is 4.90 Å². The van der Waals surface area contributed by atoms with Crippen LogP contribution < -0.4 is 5.73 Å². The third-order valence-corrected chi connectivity index (χ3v) is 2.15. The molecule has 0 aromatic carbocycles. The number of nitriles is 1. The molecule has 0 saturated heterocycles. The molecule has 4 heteroatoms. The lowest BCUT2D eigenvalue weighted by Gasteiger charge is -2.26. The van der Waals surface area contributed by atoms with E-state index in [1.165, 1.54) is 0 Å². The molecule has 0 heterocycles. The standard InChI is InChI=1S/C11H21N3O/c1-4-10(13)11(15)14(7-5-6-12)8-9(2)3/h9-10H,4-5,7-8,13H2,1-3H3. The second kappa shape index (κ2) is 7.24. The highest BCUT2D eigenvalue weighted by Gasteiger charge is 2.19. The number of nitrogens with zero attached hydrogens (tertiary/aromatic N) is 2. The largest absolute Gasteiger partial charge is 0.340 e. The number of hydrogen-bond acceptors (Lipinski definition) is 3. The molecule has 2 N–H and O–H groups in total. The summed E-state index contributed by atoms with van der Waals surface area (Å²) < 4.78 is 0. The van der Waals surface area contributed by atoms with Crippen LogP contribution in [0, 0.1) is 17.2 Å². The summed E-state index contributed by atoms with van der Waals surface area (Å²) in [5.41, 5.74) is 5.69. The Balaban J connectivity index is 4.34. The molecule has 0 radical (unpaired) electrons. The van der Waals surface area contributed by atoms with E-state index < -0.39 is 6.04 Å². The molecule has 1 atom stereocenters. The van der Waals surface area contributed by atoms with Crippen molar-refractivity contribution in [1.29, 1.82) is 5.26 Å². The lowest BCUT2D eigenvalue weighted by Crippen LogP contribution is -2.45. The molecule has 0 aromatic rings. The van der Waals surface area contributed by atoms with Gasteiger partial charge in [-0.05, 0) is 12.3 Å². The zero-order valence-corrected chi connectivity index (χ0v) is 9.86. The van der Waals surface area contributed by atoms with E-state index in [4.69, 9.17) is 11.0 Å². The summed E-state index contributed by atoms with van der Waals surface area (Å²) in [5, 5.41) is 8.51. The number of hydrogen-bond donors (Lipinski definition) is 1. The van der Waals surface area contributed by atoms with Gasteiger partial charge in [-0.2, -0.15) is 5.26 Å². The Bertz CT molecular complexity index is 232. The van der Waals surface area contributed by atoms with Crippen molar-refractivity contribution >= 4 is 5.91 Å². The molecule has 0 saturated carbocycles. The van der Waals surface area contributed by atoms with Crippen LogP contribution in [0.1, 0.15) is 33.6 Å². The average Bonchev–Trinajstić information content (AvgIpc) is 2.21. The van der Waals surface area contributed by atoms with Crippen molar-refractivity contribution in [2.75, 3.05) is 13.1 Å². The van der Waals surface area contributed by atoms with E-state index in [2.05, 4.69) is 0 Å². The highest BCUT2D eigenvalue weighted by molar-refractivity contribution is 5.81. The lowest BCUT2D eigenvalue weighted by atomic mass is 10.1. The Morgan fingerprint density at radius 1 is 1.53 bits per heavy atom. The fraction of sp³-hybridized carbons (Fsp3) is 0.818. The van der Waals surface area contributed by atoms with Crippen molar-refractivity contribution < 1.29 is 4.79 Å². The molecule has 1 unspecified atom stereocenters. The Morgan fingerprint density at radius 2 is 2.13 bits per heavy atom. The lowest BCUT2D eigenvalue weighted by molar-refractivity contribution is -0.133. The fourth-order valence-corrected chi connectivity index (χ4v) is 1.33. The topological polar surface area (TPSA) is 70.1 Å². The van der Waals surface area contributed by atoms with Gasteiger partial charge in [0.25, 0.3) is 0 Å². The molecule has 0 aliphatic carbocycles. The van der Waals surface area contributed by atoms with Crippen LogP contribution in [0.2, 0.25) is 0 Å². The van der Waals surface area contributed by atoms with E-state index in [0.717, 1.165) is 0 Å². The van der Waals surface area contributed by atoms with Crippen molar-refractivity contribution in [3.8, 4) is 6.07 Å². The predicted molar refractivity (Wildman–Crippen MR) is 59.9 cm³/mol. The van der Waals surface area contributed by atoms with Crippen LogP contribution in [-0.2, 0) is 4.79 Å². The summed E-state index contributed by atoms with van der Waals surface area (Å²) in [4.78, 5) is 13.5. The van der Waals surface area contributed by atoms with Crippen LogP contribution in [0.25, 0.3) is 0 Å². The normalized spacial score (nSPS) is 12.3. The van der Waals surface area contributed by atoms with E-state index in [9.17, 15) is 4.79 Å². The molecule has 0 bridgehead atoms. The van der Waals surface area contributed by atoms with Crippen LogP contribution in [-0.4, -0.2) is 29.9 Å². The molecule has 4 nitrogen and oxygen atoms in total. The SMILES string of the molecule is CCC(N)C(=O)N(CCC#N)CC(C)C. The summed E-state index contributed by atoms with van der Waals surface area (Å²) in [7, 11) is 0. The fourth-order valence-electron chi connectivity index (χ4n) is 1.33. The Kier molecular flexibility index (Phi) is 6.72. The van der Waals surface area contributed by atoms with Gasteiger partial charge in [0.2, 0.25) is 5.91 Å². The van der Waals surface area contributed by atoms with Crippen molar-refractivity contribution in [3.05, 3.63) is 0 Å². The van der Waals surface area contributed by atoms with Gasteiger partial charge in [0.15, 0.2) is 0 Å². The zero-order valence-electron chi connectivity index (χ0n) is 9.86. The second-order valence-corrected chi connectivity index (χ2v) is 4.10. The molecule has 0 aromatic heterocycles. The van der Waals surface area contributed by atoms with E-state index in [1.807, 2.05) is 26.8 Å². The van der Waals surface area contributed by atoms with Crippen LogP contribution in [0.5, 0.6) is 0 Å². The maximum absolute atomic E-state index is 11.8. The molecule has 1 amide bonds. The number of carbonyl (C=O) groups excluding carboxylic acids is 1. The molecule has 0 aliphatic heterocycles. The minimum Gasteiger partial charge on any atom is -0.340 e. The van der Waals surface area contributed by atoms with E-state index >= 15 is 0 Å². The third-order valence-electron chi connectivity index (χ3n) is 2.15. The van der Waals surface area contributed by atoms with Gasteiger partial charge >= 0.3 is 0 Å². The highest BCUT2D eigenvalue weighted by atomic mass is 16.2. The third kappa shape index (κ3) is 5.38. The molecule has 86 valence electrons. The molecule has 0 aliphatic rings. The summed E-state index contributed by atoms with van der Waals surface area (Å²) >= 11 is 0. The molecule has 0 rings (SSSR count). The molecule has 0 spiro atoms. The number of nitrogens with two attached hydrogens (primary N) is 1. The second-order valence-electron chi connectivity index (χ2n) is 4.10. The number of amides is 1. The minimum atomic E-state index is -0.428. The smallest absolute Gasteiger partial charge is 0.239 e. The van der Waals surface area contributed by atoms with Crippen LogP contribution in [0.15, 0.2) is 0 Å². The predicted octanol–water partition coefficient (Wildman–Crippen LogP) is 1.12. The van der Waals surface area contributed by atoms with Gasteiger partial charge in [-0.1, -0.05) is 20.8 Å². The molecular weight excluding hydrogens is 190 g/mol. The minimum absolute atomic E-state index is 0.0403. The van der Waals surface area contributed by atoms with Gasteiger partial charge < -0.3 is 10.6 Å². The van der Waals surface area contributed by atoms with Gasteiger partial charge in [-0.25, -0.2) is 0 Å². The van der Waals surface area contributed by atoms with Gasteiger partial charge in [0, 0.05) is 13.1 Å². The summed E-state index contributed by atoms with van der Waals surface area (Å²) in [6.45, 7) is 7.14. The number of rotatable bonds is 6.